The third-order valence-electron chi connectivity index (χ3n) is 7.76. The number of hydrogen-bond acceptors (Lipinski definition) is 6. The summed E-state index contributed by atoms with van der Waals surface area (Å²) in [6.45, 7) is 3.35. The standard InChI is InChI=1S/C28H33N5O3/c1-36-27(35)28(23-8-5-20(6-9-23)22-18-30-31-19-22)11-15-33(16-12-28)24-10-7-21(26(29)34)17-25(24)32-13-3-2-4-14-32/h5-10,17-19H,2-4,11-16H2,1H3,(H2,29,34)(H,30,31). The molecule has 3 aromatic rings. The number of piperidine rings is 2. The Morgan fingerprint density at radius 2 is 1.61 bits per heavy atom. The number of H-pyrrole nitrogens is 1. The summed E-state index contributed by atoms with van der Waals surface area (Å²) in [6, 6.07) is 13.9. The van der Waals surface area contributed by atoms with Gasteiger partial charge in [-0.05, 0) is 61.4 Å². The number of aromatic amines is 1. The monoisotopic (exact) mass is 487 g/mol. The van der Waals surface area contributed by atoms with E-state index in [-0.39, 0.29) is 5.97 Å². The molecule has 0 atom stereocenters. The molecule has 3 N–H and O–H groups in total. The number of nitrogens with zero attached hydrogens (tertiary/aromatic N) is 3. The molecule has 2 saturated heterocycles. The second kappa shape index (κ2) is 10.0. The van der Waals surface area contributed by atoms with Crippen LogP contribution in [0.15, 0.2) is 54.9 Å². The Labute approximate surface area is 211 Å². The number of anilines is 2. The van der Waals surface area contributed by atoms with Crippen molar-refractivity contribution in [3.8, 4) is 11.1 Å². The van der Waals surface area contributed by atoms with Gasteiger partial charge in [0.25, 0.3) is 0 Å². The van der Waals surface area contributed by atoms with Gasteiger partial charge in [-0.25, -0.2) is 0 Å². The van der Waals surface area contributed by atoms with Crippen molar-refractivity contribution >= 4 is 23.3 Å². The van der Waals surface area contributed by atoms with Gasteiger partial charge in [-0.15, -0.1) is 0 Å². The molecular formula is C28H33N5O3. The fraction of sp³-hybridized carbons (Fsp3) is 0.393. The van der Waals surface area contributed by atoms with E-state index in [0.717, 1.165) is 54.0 Å². The summed E-state index contributed by atoms with van der Waals surface area (Å²) >= 11 is 0. The molecule has 8 heteroatoms. The van der Waals surface area contributed by atoms with Gasteiger partial charge in [-0.1, -0.05) is 24.3 Å². The fourth-order valence-corrected chi connectivity index (χ4v) is 5.66. The van der Waals surface area contributed by atoms with Crippen LogP contribution in [0.5, 0.6) is 0 Å². The van der Waals surface area contributed by atoms with Crippen molar-refractivity contribution in [3.05, 3.63) is 66.0 Å². The number of nitrogens with one attached hydrogen (secondary N) is 1. The molecule has 8 nitrogen and oxygen atoms in total. The van der Waals surface area contributed by atoms with Crippen molar-refractivity contribution in [2.45, 2.75) is 37.5 Å². The molecule has 0 spiro atoms. The Morgan fingerprint density at radius 3 is 2.22 bits per heavy atom. The van der Waals surface area contributed by atoms with Gasteiger partial charge in [0.05, 0.1) is 30.1 Å². The van der Waals surface area contributed by atoms with Gasteiger partial charge in [0.2, 0.25) is 5.91 Å². The van der Waals surface area contributed by atoms with Gasteiger partial charge in [-0.2, -0.15) is 5.10 Å². The van der Waals surface area contributed by atoms with Gasteiger partial charge >= 0.3 is 5.97 Å². The molecule has 2 fully saturated rings. The van der Waals surface area contributed by atoms with Crippen molar-refractivity contribution < 1.29 is 14.3 Å². The molecular weight excluding hydrogens is 454 g/mol. The van der Waals surface area contributed by atoms with Crippen LogP contribution in [0, 0.1) is 0 Å². The summed E-state index contributed by atoms with van der Waals surface area (Å²) in [7, 11) is 1.47. The van der Waals surface area contributed by atoms with E-state index in [1.165, 1.54) is 13.5 Å². The Hall–Kier alpha value is -3.81. The van der Waals surface area contributed by atoms with E-state index < -0.39 is 11.3 Å². The van der Waals surface area contributed by atoms with Crippen LogP contribution >= 0.6 is 0 Å². The zero-order valence-corrected chi connectivity index (χ0v) is 20.7. The smallest absolute Gasteiger partial charge is 0.316 e. The third-order valence-corrected chi connectivity index (χ3v) is 7.76. The minimum Gasteiger partial charge on any atom is -0.468 e. The predicted octanol–water partition coefficient (Wildman–Crippen LogP) is 3.88. The number of primary amides is 1. The maximum Gasteiger partial charge on any atom is 0.316 e. The number of esters is 1. The number of methoxy groups -OCH3 is 1. The van der Waals surface area contributed by atoms with Gasteiger partial charge < -0.3 is 20.3 Å². The van der Waals surface area contributed by atoms with Crippen LogP contribution < -0.4 is 15.5 Å². The van der Waals surface area contributed by atoms with Crippen LogP contribution in [-0.4, -0.2) is 55.4 Å². The average Bonchev–Trinajstić information content (AvgIpc) is 3.48. The van der Waals surface area contributed by atoms with Crippen molar-refractivity contribution in [1.29, 1.82) is 0 Å². The van der Waals surface area contributed by atoms with E-state index in [1.807, 2.05) is 48.7 Å². The molecule has 0 bridgehead atoms. The van der Waals surface area contributed by atoms with Crippen molar-refractivity contribution in [2.24, 2.45) is 5.73 Å². The SMILES string of the molecule is COC(=O)C1(c2ccc(-c3cn[nH]c3)cc2)CCN(c2ccc(C(N)=O)cc2N2CCCCC2)CC1. The summed E-state index contributed by atoms with van der Waals surface area (Å²) in [5.41, 5.74) is 10.6. The molecule has 0 saturated carbocycles. The van der Waals surface area contributed by atoms with E-state index in [1.54, 1.807) is 6.20 Å². The second-order valence-electron chi connectivity index (χ2n) is 9.74. The molecule has 0 aliphatic carbocycles. The number of nitrogens with two attached hydrogens (primary N) is 1. The molecule has 0 unspecified atom stereocenters. The van der Waals surface area contributed by atoms with E-state index >= 15 is 0 Å². The lowest BCUT2D eigenvalue weighted by Crippen LogP contribution is -2.48. The van der Waals surface area contributed by atoms with Crippen LogP contribution in [0.4, 0.5) is 11.4 Å². The highest BCUT2D eigenvalue weighted by Crippen LogP contribution is 2.41. The summed E-state index contributed by atoms with van der Waals surface area (Å²) in [5, 5.41) is 6.87. The summed E-state index contributed by atoms with van der Waals surface area (Å²) in [5.74, 6) is -0.611. The van der Waals surface area contributed by atoms with Gasteiger partial charge in [-0.3, -0.25) is 14.7 Å². The summed E-state index contributed by atoms with van der Waals surface area (Å²) in [6.07, 6.45) is 8.43. The molecule has 1 amide bonds. The zero-order valence-electron chi connectivity index (χ0n) is 20.7. The normalized spacial score (nSPS) is 17.6. The van der Waals surface area contributed by atoms with Crippen molar-refractivity contribution in [3.63, 3.8) is 0 Å². The first kappa shape index (κ1) is 23.9. The Kier molecular flexibility index (Phi) is 6.67. The van der Waals surface area contributed by atoms with E-state index in [9.17, 15) is 9.59 Å². The topological polar surface area (TPSA) is 105 Å². The first-order chi connectivity index (χ1) is 17.5. The molecule has 2 aromatic carbocycles. The van der Waals surface area contributed by atoms with Crippen molar-refractivity contribution in [2.75, 3.05) is 43.1 Å². The minimum absolute atomic E-state index is 0.196. The van der Waals surface area contributed by atoms with E-state index in [0.29, 0.717) is 31.5 Å². The Bertz CT molecular complexity index is 1210. The maximum atomic E-state index is 13.2. The first-order valence-corrected chi connectivity index (χ1v) is 12.6. The van der Waals surface area contributed by atoms with E-state index in [2.05, 4.69) is 20.0 Å². The molecule has 1 aromatic heterocycles. The summed E-state index contributed by atoms with van der Waals surface area (Å²) < 4.78 is 5.32. The van der Waals surface area contributed by atoms with Gasteiger partial charge in [0.1, 0.15) is 0 Å². The molecule has 36 heavy (non-hydrogen) atoms. The van der Waals surface area contributed by atoms with Gasteiger partial charge in [0, 0.05) is 43.5 Å². The summed E-state index contributed by atoms with van der Waals surface area (Å²) in [4.78, 5) is 29.8. The zero-order chi connectivity index (χ0) is 25.1. The highest BCUT2D eigenvalue weighted by molar-refractivity contribution is 5.95. The van der Waals surface area contributed by atoms with Crippen molar-refractivity contribution in [1.82, 2.24) is 10.2 Å². The number of amides is 1. The maximum absolute atomic E-state index is 13.2. The average molecular weight is 488 g/mol. The third kappa shape index (κ3) is 4.43. The quantitative estimate of drug-likeness (QED) is 0.512. The lowest BCUT2D eigenvalue weighted by Gasteiger charge is -2.42. The number of aromatic nitrogens is 2. The highest BCUT2D eigenvalue weighted by atomic mass is 16.5. The first-order valence-electron chi connectivity index (χ1n) is 12.6. The number of hydrogen-bond donors (Lipinski definition) is 2. The number of carbonyl (C=O) groups excluding carboxylic acids is 2. The number of benzene rings is 2. The molecule has 5 rings (SSSR count). The van der Waals surface area contributed by atoms with Crippen LogP contribution in [-0.2, 0) is 14.9 Å². The second-order valence-corrected chi connectivity index (χ2v) is 9.74. The Morgan fingerprint density at radius 1 is 0.917 bits per heavy atom. The van der Waals surface area contributed by atoms with E-state index in [4.69, 9.17) is 10.5 Å². The van der Waals surface area contributed by atoms with Gasteiger partial charge in [0.15, 0.2) is 0 Å². The highest BCUT2D eigenvalue weighted by Gasteiger charge is 2.44. The molecule has 0 radical (unpaired) electrons. The molecule has 2 aliphatic heterocycles. The Balaban J connectivity index is 1.42. The molecule has 2 aliphatic rings. The lowest BCUT2D eigenvalue weighted by atomic mass is 9.72. The number of ether oxygens (including phenoxy) is 1. The van der Waals surface area contributed by atoms with Crippen LogP contribution in [0.2, 0.25) is 0 Å². The van der Waals surface area contributed by atoms with Crippen LogP contribution in [0.25, 0.3) is 11.1 Å². The number of rotatable bonds is 6. The predicted molar refractivity (Wildman–Crippen MR) is 140 cm³/mol. The van der Waals surface area contributed by atoms with Crippen LogP contribution in [0.3, 0.4) is 0 Å². The largest absolute Gasteiger partial charge is 0.468 e. The lowest BCUT2D eigenvalue weighted by molar-refractivity contribution is -0.148. The molecule has 3 heterocycles. The number of carbonyl (C=O) groups is 2. The fourth-order valence-electron chi connectivity index (χ4n) is 5.66. The minimum atomic E-state index is -0.696. The van der Waals surface area contributed by atoms with Crippen LogP contribution in [0.1, 0.15) is 48.0 Å². The molecule has 188 valence electrons.